The van der Waals surface area contributed by atoms with Crippen LogP contribution in [-0.4, -0.2) is 61.0 Å². The maximum atomic E-state index is 13.6. The summed E-state index contributed by atoms with van der Waals surface area (Å²) in [4.78, 5) is 23.4. The Labute approximate surface area is 311 Å². The number of hydrogen-bond acceptors (Lipinski definition) is 10. The van der Waals surface area contributed by atoms with Crippen molar-refractivity contribution in [3.63, 3.8) is 0 Å². The van der Waals surface area contributed by atoms with Gasteiger partial charge in [-0.3, -0.25) is 0 Å². The highest BCUT2D eigenvalue weighted by Crippen LogP contribution is 2.31. The zero-order chi connectivity index (χ0) is 38.4. The van der Waals surface area contributed by atoms with Gasteiger partial charge in [-0.2, -0.15) is 0 Å². The number of esters is 2. The van der Waals surface area contributed by atoms with Crippen LogP contribution in [0.3, 0.4) is 0 Å². The Morgan fingerprint density at radius 2 is 0.906 bits per heavy atom. The molecule has 4 aromatic rings. The van der Waals surface area contributed by atoms with Crippen LogP contribution in [0.4, 0.5) is 0 Å². The maximum Gasteiger partial charge on any atom is 0.333 e. The number of methoxy groups -OCH3 is 2. The standard InChI is InChI=1S/C42H46O10S/c1-29(2)41(43)51-23-7-21-49-27-35-25-33(13-19-39(35)47-5)31-9-15-37(16-10-31)53(45,46)38-17-11-32(12-18-38)34-14-20-40(48-6)36(26-34)28-50-22-8-24-52-42(44)30(3)4/h9-20,25-26H,1,3,7-8,21-24,27-28H2,2,4-6H3. The molecule has 11 heteroatoms. The second-order valence-electron chi connectivity index (χ2n) is 12.3. The molecule has 280 valence electrons. The molecule has 4 aromatic carbocycles. The molecule has 0 aromatic heterocycles. The summed E-state index contributed by atoms with van der Waals surface area (Å²) in [6, 6.07) is 24.9. The van der Waals surface area contributed by atoms with E-state index in [9.17, 15) is 18.0 Å². The van der Waals surface area contributed by atoms with Crippen LogP contribution in [0.1, 0.15) is 37.8 Å². The van der Waals surface area contributed by atoms with E-state index in [2.05, 4.69) is 13.2 Å². The third-order valence-corrected chi connectivity index (χ3v) is 9.89. The fourth-order valence-electron chi connectivity index (χ4n) is 5.19. The predicted molar refractivity (Wildman–Crippen MR) is 202 cm³/mol. The Bertz CT molecular complexity index is 1860. The molecule has 4 rings (SSSR count). The molecule has 0 heterocycles. The summed E-state index contributed by atoms with van der Waals surface area (Å²) in [5.41, 5.74) is 5.78. The molecule has 0 aliphatic heterocycles. The average molecular weight is 743 g/mol. The van der Waals surface area contributed by atoms with Gasteiger partial charge >= 0.3 is 11.9 Å². The van der Waals surface area contributed by atoms with Gasteiger partial charge in [0.05, 0.1) is 63.7 Å². The molecule has 10 nitrogen and oxygen atoms in total. The Balaban J connectivity index is 1.38. The first kappa shape index (κ1) is 40.5. The summed E-state index contributed by atoms with van der Waals surface area (Å²) in [6.07, 6.45) is 1.08. The minimum atomic E-state index is -3.79. The van der Waals surface area contributed by atoms with Gasteiger partial charge in [-0.25, -0.2) is 18.0 Å². The molecular weight excluding hydrogens is 697 g/mol. The Morgan fingerprint density at radius 3 is 1.25 bits per heavy atom. The predicted octanol–water partition coefficient (Wildman–Crippen LogP) is 7.92. The molecule has 0 aliphatic carbocycles. The van der Waals surface area contributed by atoms with E-state index in [1.807, 2.05) is 36.4 Å². The van der Waals surface area contributed by atoms with Gasteiger partial charge in [-0.1, -0.05) is 49.6 Å². The molecule has 0 radical (unpaired) electrons. The summed E-state index contributed by atoms with van der Waals surface area (Å²) in [7, 11) is -0.612. The zero-order valence-corrected chi connectivity index (χ0v) is 31.5. The van der Waals surface area contributed by atoms with Crippen molar-refractivity contribution in [1.82, 2.24) is 0 Å². The molecule has 0 amide bonds. The third kappa shape index (κ3) is 11.4. The molecular formula is C42H46O10S. The van der Waals surface area contributed by atoms with E-state index in [1.54, 1.807) is 76.6 Å². The number of rotatable bonds is 20. The molecule has 0 atom stereocenters. The normalized spacial score (nSPS) is 11.1. The van der Waals surface area contributed by atoms with Crippen LogP contribution in [0, 0.1) is 0 Å². The number of carbonyl (C=O) groups excluding carboxylic acids is 2. The number of ether oxygens (including phenoxy) is 6. The molecule has 0 fully saturated rings. The minimum absolute atomic E-state index is 0.177. The molecule has 0 unspecified atom stereocenters. The van der Waals surface area contributed by atoms with Crippen LogP contribution < -0.4 is 9.47 Å². The van der Waals surface area contributed by atoms with Crippen molar-refractivity contribution in [1.29, 1.82) is 0 Å². The first-order valence-corrected chi connectivity index (χ1v) is 18.5. The summed E-state index contributed by atoms with van der Waals surface area (Å²) in [5.74, 6) is 0.488. The van der Waals surface area contributed by atoms with Crippen LogP contribution in [0.25, 0.3) is 22.3 Å². The van der Waals surface area contributed by atoms with Crippen molar-refractivity contribution in [3.8, 4) is 33.8 Å². The van der Waals surface area contributed by atoms with Gasteiger partial charge in [-0.15, -0.1) is 0 Å². The van der Waals surface area contributed by atoms with E-state index in [4.69, 9.17) is 28.4 Å². The van der Waals surface area contributed by atoms with Crippen LogP contribution in [0.15, 0.2) is 119 Å². The molecule has 0 saturated carbocycles. The Hall–Kier alpha value is -5.23. The van der Waals surface area contributed by atoms with Crippen LogP contribution in [-0.2, 0) is 51.6 Å². The van der Waals surface area contributed by atoms with Crippen LogP contribution in [0.2, 0.25) is 0 Å². The monoisotopic (exact) mass is 742 g/mol. The van der Waals surface area contributed by atoms with E-state index in [0.717, 1.165) is 33.4 Å². The van der Waals surface area contributed by atoms with Crippen molar-refractivity contribution >= 4 is 21.8 Å². The molecule has 0 saturated heterocycles. The van der Waals surface area contributed by atoms with Crippen molar-refractivity contribution in [3.05, 3.63) is 120 Å². The fourth-order valence-corrected chi connectivity index (χ4v) is 6.45. The highest BCUT2D eigenvalue weighted by atomic mass is 32.2. The highest BCUT2D eigenvalue weighted by molar-refractivity contribution is 7.91. The lowest BCUT2D eigenvalue weighted by atomic mass is 10.0. The number of carbonyl (C=O) groups is 2. The second kappa shape index (κ2) is 19.6. The number of benzene rings is 4. The van der Waals surface area contributed by atoms with E-state index < -0.39 is 21.8 Å². The van der Waals surface area contributed by atoms with Crippen molar-refractivity contribution in [2.45, 2.75) is 49.7 Å². The lowest BCUT2D eigenvalue weighted by Crippen LogP contribution is -2.08. The quantitative estimate of drug-likeness (QED) is 0.0501. The van der Waals surface area contributed by atoms with Gasteiger partial charge in [0, 0.05) is 35.1 Å². The van der Waals surface area contributed by atoms with Gasteiger partial charge in [0.1, 0.15) is 11.5 Å². The summed E-state index contributed by atoms with van der Waals surface area (Å²) >= 11 is 0. The summed E-state index contributed by atoms with van der Waals surface area (Å²) in [6.45, 7) is 12.2. The first-order chi connectivity index (χ1) is 25.4. The van der Waals surface area contributed by atoms with E-state index in [0.29, 0.717) is 48.7 Å². The van der Waals surface area contributed by atoms with E-state index in [-0.39, 0.29) is 36.2 Å². The number of hydrogen-bond donors (Lipinski definition) is 0. The van der Waals surface area contributed by atoms with Gasteiger partial charge in [0.2, 0.25) is 9.84 Å². The summed E-state index contributed by atoms with van der Waals surface area (Å²) in [5, 5.41) is 0. The van der Waals surface area contributed by atoms with E-state index >= 15 is 0 Å². The largest absolute Gasteiger partial charge is 0.496 e. The van der Waals surface area contributed by atoms with E-state index in [1.165, 1.54) is 0 Å². The third-order valence-electron chi connectivity index (χ3n) is 8.10. The molecule has 53 heavy (non-hydrogen) atoms. The lowest BCUT2D eigenvalue weighted by molar-refractivity contribution is -0.140. The minimum Gasteiger partial charge on any atom is -0.496 e. The Kier molecular flexibility index (Phi) is 15.0. The van der Waals surface area contributed by atoms with Gasteiger partial charge in [0.15, 0.2) is 0 Å². The topological polar surface area (TPSA) is 124 Å². The van der Waals surface area contributed by atoms with Gasteiger partial charge < -0.3 is 28.4 Å². The molecule has 0 bridgehead atoms. The second-order valence-corrected chi connectivity index (χ2v) is 14.2. The highest BCUT2D eigenvalue weighted by Gasteiger charge is 2.18. The van der Waals surface area contributed by atoms with Gasteiger partial charge in [-0.05, 0) is 84.6 Å². The molecule has 0 spiro atoms. The zero-order valence-electron chi connectivity index (χ0n) is 30.6. The first-order valence-electron chi connectivity index (χ1n) is 17.0. The average Bonchev–Trinajstić information content (AvgIpc) is 3.17. The van der Waals surface area contributed by atoms with Crippen LogP contribution in [0.5, 0.6) is 11.5 Å². The van der Waals surface area contributed by atoms with Gasteiger partial charge in [0.25, 0.3) is 0 Å². The SMILES string of the molecule is C=C(C)C(=O)OCCCOCc1cc(-c2ccc(S(=O)(=O)c3ccc(-c4ccc(OC)c(COCCCOC(=O)C(=C)C)c4)cc3)cc2)ccc1OC. The van der Waals surface area contributed by atoms with Crippen molar-refractivity contribution in [2.24, 2.45) is 0 Å². The molecule has 0 N–H and O–H groups in total. The maximum absolute atomic E-state index is 13.6. The molecule has 0 aliphatic rings. The fraction of sp³-hybridized carbons (Fsp3) is 0.286. The number of sulfone groups is 1. The van der Waals surface area contributed by atoms with Crippen molar-refractivity contribution in [2.75, 3.05) is 40.6 Å². The van der Waals surface area contributed by atoms with Crippen LogP contribution >= 0.6 is 0 Å². The smallest absolute Gasteiger partial charge is 0.333 e. The van der Waals surface area contributed by atoms with Crippen molar-refractivity contribution < 1.29 is 46.4 Å². The lowest BCUT2D eigenvalue weighted by Gasteiger charge is -2.13. The Morgan fingerprint density at radius 1 is 0.547 bits per heavy atom. The summed E-state index contributed by atoms with van der Waals surface area (Å²) < 4.78 is 60.0.